The van der Waals surface area contributed by atoms with Gasteiger partial charge in [0.15, 0.2) is 0 Å². The van der Waals surface area contributed by atoms with E-state index < -0.39 is 0 Å². The van der Waals surface area contributed by atoms with Crippen LogP contribution in [0.15, 0.2) is 35.2 Å². The molecule has 1 amide bonds. The zero-order valence-corrected chi connectivity index (χ0v) is 13.5. The van der Waals surface area contributed by atoms with Gasteiger partial charge in [-0.25, -0.2) is 0 Å². The molecule has 0 bridgehead atoms. The molecule has 2 N–H and O–H groups in total. The maximum Gasteiger partial charge on any atom is 0.226 e. The lowest BCUT2D eigenvalue weighted by molar-refractivity contribution is -0.133. The molecule has 0 radical (unpaired) electrons. The number of likely N-dealkylation sites (tertiary alicyclic amines) is 1. The van der Waals surface area contributed by atoms with Gasteiger partial charge in [0.2, 0.25) is 5.91 Å². The zero-order valence-electron chi connectivity index (χ0n) is 11.8. The van der Waals surface area contributed by atoms with Crippen LogP contribution in [0.2, 0.25) is 0 Å². The van der Waals surface area contributed by atoms with Gasteiger partial charge in [0.05, 0.1) is 0 Å². The fourth-order valence-electron chi connectivity index (χ4n) is 2.31. The minimum absolute atomic E-state index is 0. The van der Waals surface area contributed by atoms with Crippen LogP contribution in [-0.4, -0.2) is 36.2 Å². The summed E-state index contributed by atoms with van der Waals surface area (Å²) in [7, 11) is 0. The number of carbonyl (C=O) groups excluding carboxylic acids is 1. The third-order valence-electron chi connectivity index (χ3n) is 3.60. The predicted octanol–water partition coefficient (Wildman–Crippen LogP) is 2.64. The first-order valence-electron chi connectivity index (χ1n) is 6.87. The number of carbonyl (C=O) groups is 1. The van der Waals surface area contributed by atoms with Crippen LogP contribution in [-0.2, 0) is 4.79 Å². The number of benzene rings is 1. The Balaban J connectivity index is 0.00000200. The largest absolute Gasteiger partial charge is 0.342 e. The molecule has 1 aromatic carbocycles. The molecule has 3 nitrogen and oxygen atoms in total. The molecule has 5 heteroatoms. The lowest BCUT2D eigenvalue weighted by atomic mass is 10.1. The molecule has 112 valence electrons. The molecular formula is C15H23ClN2OS. The van der Waals surface area contributed by atoms with Crippen molar-refractivity contribution in [2.75, 3.05) is 25.4 Å². The summed E-state index contributed by atoms with van der Waals surface area (Å²) in [4.78, 5) is 15.3. The highest BCUT2D eigenvalue weighted by atomic mass is 35.5. The quantitative estimate of drug-likeness (QED) is 0.850. The molecule has 0 spiro atoms. The first-order chi connectivity index (χ1) is 9.20. The Kier molecular flexibility index (Phi) is 7.41. The van der Waals surface area contributed by atoms with Crippen LogP contribution in [0, 0.1) is 11.8 Å². The normalized spacial score (nSPS) is 19.5. The van der Waals surface area contributed by atoms with Crippen LogP contribution in [0.3, 0.4) is 0 Å². The van der Waals surface area contributed by atoms with Gasteiger partial charge in [0.1, 0.15) is 0 Å². The second kappa shape index (κ2) is 8.55. The SMILES string of the molecule is CC(CN)C(=O)N1CCC(CSc2ccccc2)C1.Cl. The Morgan fingerprint density at radius 2 is 2.15 bits per heavy atom. The summed E-state index contributed by atoms with van der Waals surface area (Å²) in [6.45, 7) is 4.14. The highest BCUT2D eigenvalue weighted by Gasteiger charge is 2.28. The Morgan fingerprint density at radius 1 is 1.45 bits per heavy atom. The Morgan fingerprint density at radius 3 is 2.80 bits per heavy atom. The van der Waals surface area contributed by atoms with Crippen LogP contribution in [0.4, 0.5) is 0 Å². The molecule has 0 aliphatic carbocycles. The standard InChI is InChI=1S/C15H22N2OS.ClH/c1-12(9-16)15(18)17-8-7-13(10-17)11-19-14-5-3-2-4-6-14;/h2-6,12-13H,7-11,16H2,1H3;1H. The van der Waals surface area contributed by atoms with Crippen molar-refractivity contribution in [3.8, 4) is 0 Å². The van der Waals surface area contributed by atoms with Crippen molar-refractivity contribution in [3.05, 3.63) is 30.3 Å². The summed E-state index contributed by atoms with van der Waals surface area (Å²) in [5, 5.41) is 0. The van der Waals surface area contributed by atoms with E-state index in [1.807, 2.05) is 29.7 Å². The maximum absolute atomic E-state index is 12.0. The van der Waals surface area contributed by atoms with Crippen molar-refractivity contribution in [1.82, 2.24) is 4.90 Å². The van der Waals surface area contributed by atoms with Crippen molar-refractivity contribution in [1.29, 1.82) is 0 Å². The van der Waals surface area contributed by atoms with Gasteiger partial charge >= 0.3 is 0 Å². The molecule has 0 saturated carbocycles. The number of amides is 1. The van der Waals surface area contributed by atoms with Crippen LogP contribution in [0.1, 0.15) is 13.3 Å². The monoisotopic (exact) mass is 314 g/mol. The molecule has 0 aromatic heterocycles. The summed E-state index contributed by atoms with van der Waals surface area (Å²) in [5.74, 6) is 1.87. The Labute approximate surface area is 131 Å². The smallest absolute Gasteiger partial charge is 0.226 e. The first-order valence-corrected chi connectivity index (χ1v) is 7.86. The maximum atomic E-state index is 12.0. The van der Waals surface area contributed by atoms with Gasteiger partial charge in [0, 0.05) is 36.2 Å². The number of thioether (sulfide) groups is 1. The molecule has 20 heavy (non-hydrogen) atoms. The third-order valence-corrected chi connectivity index (χ3v) is 4.85. The van der Waals surface area contributed by atoms with E-state index >= 15 is 0 Å². The minimum Gasteiger partial charge on any atom is -0.342 e. The molecule has 1 fully saturated rings. The summed E-state index contributed by atoms with van der Waals surface area (Å²) >= 11 is 1.88. The van der Waals surface area contributed by atoms with Gasteiger partial charge < -0.3 is 10.6 Å². The fourth-order valence-corrected chi connectivity index (χ4v) is 3.36. The predicted molar refractivity (Wildman–Crippen MR) is 87.3 cm³/mol. The minimum atomic E-state index is -0.0412. The van der Waals surface area contributed by atoms with E-state index in [2.05, 4.69) is 24.3 Å². The lowest BCUT2D eigenvalue weighted by Gasteiger charge is -2.20. The average molecular weight is 315 g/mol. The highest BCUT2D eigenvalue weighted by molar-refractivity contribution is 7.99. The van der Waals surface area contributed by atoms with Crippen molar-refractivity contribution in [3.63, 3.8) is 0 Å². The van der Waals surface area contributed by atoms with Crippen LogP contribution in [0.25, 0.3) is 0 Å². The van der Waals surface area contributed by atoms with Gasteiger partial charge in [-0.2, -0.15) is 0 Å². The lowest BCUT2D eigenvalue weighted by Crippen LogP contribution is -2.36. The molecule has 1 aliphatic heterocycles. The van der Waals surface area contributed by atoms with Crippen molar-refractivity contribution < 1.29 is 4.79 Å². The van der Waals surface area contributed by atoms with E-state index in [1.54, 1.807) is 0 Å². The number of hydrogen-bond acceptors (Lipinski definition) is 3. The molecule has 1 aromatic rings. The molecule has 1 heterocycles. The van der Waals surface area contributed by atoms with Crippen molar-refractivity contribution in [2.45, 2.75) is 18.2 Å². The Hall–Kier alpha value is -0.710. The van der Waals surface area contributed by atoms with E-state index in [9.17, 15) is 4.79 Å². The van der Waals surface area contributed by atoms with Gasteiger partial charge in [-0.15, -0.1) is 24.2 Å². The summed E-state index contributed by atoms with van der Waals surface area (Å²) < 4.78 is 0. The number of nitrogens with two attached hydrogens (primary N) is 1. The molecule has 1 saturated heterocycles. The number of rotatable bonds is 5. The number of halogens is 1. The fraction of sp³-hybridized carbons (Fsp3) is 0.533. The molecule has 2 atom stereocenters. The van der Waals surface area contributed by atoms with Gasteiger partial charge in [0.25, 0.3) is 0 Å². The highest BCUT2D eigenvalue weighted by Crippen LogP contribution is 2.26. The molecular weight excluding hydrogens is 292 g/mol. The molecule has 2 rings (SSSR count). The van der Waals surface area contributed by atoms with E-state index in [4.69, 9.17) is 5.73 Å². The van der Waals surface area contributed by atoms with E-state index in [0.717, 1.165) is 25.3 Å². The molecule has 2 unspecified atom stereocenters. The summed E-state index contributed by atoms with van der Waals surface area (Å²) in [6.07, 6.45) is 1.11. The van der Waals surface area contributed by atoms with Crippen molar-refractivity contribution >= 4 is 30.1 Å². The van der Waals surface area contributed by atoms with Gasteiger partial charge in [-0.1, -0.05) is 25.1 Å². The average Bonchev–Trinajstić information content (AvgIpc) is 2.93. The van der Waals surface area contributed by atoms with E-state index in [-0.39, 0.29) is 24.2 Å². The van der Waals surface area contributed by atoms with Crippen LogP contribution in [0.5, 0.6) is 0 Å². The molecule has 1 aliphatic rings. The van der Waals surface area contributed by atoms with Gasteiger partial charge in [-0.05, 0) is 24.5 Å². The van der Waals surface area contributed by atoms with E-state index in [1.165, 1.54) is 4.90 Å². The second-order valence-electron chi connectivity index (χ2n) is 5.20. The van der Waals surface area contributed by atoms with E-state index in [0.29, 0.717) is 12.5 Å². The number of nitrogens with zero attached hydrogens (tertiary/aromatic N) is 1. The second-order valence-corrected chi connectivity index (χ2v) is 6.29. The van der Waals surface area contributed by atoms with Crippen LogP contribution < -0.4 is 5.73 Å². The summed E-state index contributed by atoms with van der Waals surface area (Å²) in [5.41, 5.74) is 5.56. The number of hydrogen-bond donors (Lipinski definition) is 1. The first kappa shape index (κ1) is 17.3. The van der Waals surface area contributed by atoms with Crippen molar-refractivity contribution in [2.24, 2.45) is 17.6 Å². The third kappa shape index (κ3) is 4.69. The summed E-state index contributed by atoms with van der Waals surface area (Å²) in [6, 6.07) is 10.4. The Bertz CT molecular complexity index is 416. The van der Waals surface area contributed by atoms with Crippen LogP contribution >= 0.6 is 24.2 Å². The topological polar surface area (TPSA) is 46.3 Å². The van der Waals surface area contributed by atoms with Gasteiger partial charge in [-0.3, -0.25) is 4.79 Å². The zero-order chi connectivity index (χ0) is 13.7.